The van der Waals surface area contributed by atoms with E-state index in [4.69, 9.17) is 5.73 Å². The third-order valence-electron chi connectivity index (χ3n) is 2.39. The molecule has 6 heteroatoms. The fourth-order valence-corrected chi connectivity index (χ4v) is 1.42. The number of amides is 1. The number of nitrogens with one attached hydrogen (secondary N) is 1. The Morgan fingerprint density at radius 2 is 1.89 bits per heavy atom. The van der Waals surface area contributed by atoms with Crippen molar-refractivity contribution in [2.45, 2.75) is 25.1 Å². The van der Waals surface area contributed by atoms with Crippen molar-refractivity contribution in [3.63, 3.8) is 0 Å². The maximum absolute atomic E-state index is 11.9. The summed E-state index contributed by atoms with van der Waals surface area (Å²) in [5, 5.41) is 1.77. The van der Waals surface area contributed by atoms with Crippen molar-refractivity contribution in [2.24, 2.45) is 5.73 Å². The van der Waals surface area contributed by atoms with Gasteiger partial charge in [0, 0.05) is 0 Å². The molecule has 100 valence electrons. The van der Waals surface area contributed by atoms with Crippen LogP contribution in [0.3, 0.4) is 0 Å². The van der Waals surface area contributed by atoms with Crippen LogP contribution < -0.4 is 11.1 Å². The molecule has 0 aliphatic rings. The van der Waals surface area contributed by atoms with Crippen molar-refractivity contribution in [3.8, 4) is 0 Å². The Hall–Kier alpha value is -1.56. The van der Waals surface area contributed by atoms with Gasteiger partial charge in [-0.25, -0.2) is 0 Å². The second kappa shape index (κ2) is 6.39. The molecule has 0 radical (unpaired) electrons. The van der Waals surface area contributed by atoms with Crippen LogP contribution in [0.4, 0.5) is 13.2 Å². The minimum Gasteiger partial charge on any atom is -0.346 e. The Kier molecular flexibility index (Phi) is 5.15. The van der Waals surface area contributed by atoms with Crippen molar-refractivity contribution in [1.82, 2.24) is 5.32 Å². The summed E-state index contributed by atoms with van der Waals surface area (Å²) in [7, 11) is 0. The molecule has 1 atom stereocenters. The number of aryl methyl sites for hydroxylation is 1. The molecule has 0 fully saturated rings. The normalized spacial score (nSPS) is 13.1. The van der Waals surface area contributed by atoms with Gasteiger partial charge in [0.25, 0.3) is 0 Å². The largest absolute Gasteiger partial charge is 0.405 e. The molecule has 0 aliphatic heterocycles. The first-order valence-electron chi connectivity index (χ1n) is 5.52. The molecule has 1 amide bonds. The summed E-state index contributed by atoms with van der Waals surface area (Å²) in [5.41, 5.74) is 6.51. The molecule has 0 saturated heterocycles. The molecule has 3 N–H and O–H groups in total. The lowest BCUT2D eigenvalue weighted by Gasteiger charge is -2.13. The van der Waals surface area contributed by atoms with Crippen molar-refractivity contribution in [1.29, 1.82) is 0 Å². The number of carbonyl (C=O) groups is 1. The van der Waals surface area contributed by atoms with E-state index in [0.717, 1.165) is 5.56 Å². The third kappa shape index (κ3) is 5.67. The number of alkyl halides is 3. The predicted molar refractivity (Wildman–Crippen MR) is 61.8 cm³/mol. The van der Waals surface area contributed by atoms with Gasteiger partial charge in [-0.2, -0.15) is 13.2 Å². The highest BCUT2D eigenvalue weighted by atomic mass is 19.4. The first-order chi connectivity index (χ1) is 8.38. The minimum absolute atomic E-state index is 0.313. The molecule has 1 rings (SSSR count). The van der Waals surface area contributed by atoms with Gasteiger partial charge in [0.05, 0.1) is 6.04 Å². The minimum atomic E-state index is -4.41. The molecular formula is C12H15F3N2O. The van der Waals surface area contributed by atoms with Crippen molar-refractivity contribution < 1.29 is 18.0 Å². The van der Waals surface area contributed by atoms with Gasteiger partial charge in [0.15, 0.2) is 0 Å². The zero-order chi connectivity index (χ0) is 13.6. The van der Waals surface area contributed by atoms with E-state index in [0.29, 0.717) is 12.8 Å². The molecule has 1 unspecified atom stereocenters. The van der Waals surface area contributed by atoms with Gasteiger partial charge in [-0.3, -0.25) is 4.79 Å². The van der Waals surface area contributed by atoms with Gasteiger partial charge >= 0.3 is 6.18 Å². The van der Waals surface area contributed by atoms with Gasteiger partial charge < -0.3 is 11.1 Å². The van der Waals surface area contributed by atoms with Crippen LogP contribution in [0.1, 0.15) is 12.0 Å². The van der Waals surface area contributed by atoms with Gasteiger partial charge in [0.2, 0.25) is 5.91 Å². The molecule has 18 heavy (non-hydrogen) atoms. The van der Waals surface area contributed by atoms with E-state index in [1.165, 1.54) is 0 Å². The third-order valence-corrected chi connectivity index (χ3v) is 2.39. The van der Waals surface area contributed by atoms with Gasteiger partial charge in [-0.15, -0.1) is 0 Å². The summed E-state index contributed by atoms with van der Waals surface area (Å²) in [6.45, 7) is -1.34. The highest BCUT2D eigenvalue weighted by Crippen LogP contribution is 2.12. The smallest absolute Gasteiger partial charge is 0.346 e. The number of nitrogens with two attached hydrogens (primary N) is 1. The quantitative estimate of drug-likeness (QED) is 0.845. The molecule has 0 spiro atoms. The van der Waals surface area contributed by atoms with Crippen LogP contribution in [0.2, 0.25) is 0 Å². The Morgan fingerprint density at radius 1 is 1.28 bits per heavy atom. The Balaban J connectivity index is 2.32. The Labute approximate surface area is 103 Å². The first kappa shape index (κ1) is 14.5. The molecular weight excluding hydrogens is 245 g/mol. The zero-order valence-electron chi connectivity index (χ0n) is 9.70. The number of hydrogen-bond acceptors (Lipinski definition) is 2. The second-order valence-electron chi connectivity index (χ2n) is 3.96. The summed E-state index contributed by atoms with van der Waals surface area (Å²) in [6, 6.07) is 8.39. The van der Waals surface area contributed by atoms with E-state index in [-0.39, 0.29) is 0 Å². The summed E-state index contributed by atoms with van der Waals surface area (Å²) >= 11 is 0. The van der Waals surface area contributed by atoms with E-state index < -0.39 is 24.7 Å². The maximum atomic E-state index is 11.9. The molecule has 1 aromatic carbocycles. The first-order valence-corrected chi connectivity index (χ1v) is 5.52. The van der Waals surface area contributed by atoms with Crippen molar-refractivity contribution in [3.05, 3.63) is 35.9 Å². The van der Waals surface area contributed by atoms with Gasteiger partial charge in [0.1, 0.15) is 6.54 Å². The summed E-state index contributed by atoms with van der Waals surface area (Å²) < 4.78 is 35.6. The fourth-order valence-electron chi connectivity index (χ4n) is 1.42. The van der Waals surface area contributed by atoms with Gasteiger partial charge in [-0.1, -0.05) is 30.3 Å². The van der Waals surface area contributed by atoms with Crippen LogP contribution in [-0.2, 0) is 11.2 Å². The zero-order valence-corrected chi connectivity index (χ0v) is 9.70. The lowest BCUT2D eigenvalue weighted by atomic mass is 10.1. The number of hydrogen-bond donors (Lipinski definition) is 2. The lowest BCUT2D eigenvalue weighted by molar-refractivity contribution is -0.139. The predicted octanol–water partition coefficient (Wildman–Crippen LogP) is 1.62. The van der Waals surface area contributed by atoms with Crippen molar-refractivity contribution in [2.75, 3.05) is 6.54 Å². The molecule has 1 aromatic rings. The lowest BCUT2D eigenvalue weighted by Crippen LogP contribution is -2.44. The van der Waals surface area contributed by atoms with E-state index in [1.807, 2.05) is 30.3 Å². The molecule has 0 aromatic heterocycles. The van der Waals surface area contributed by atoms with Crippen LogP contribution in [0, 0.1) is 0 Å². The number of benzene rings is 1. The Bertz CT molecular complexity index is 379. The highest BCUT2D eigenvalue weighted by Gasteiger charge is 2.28. The van der Waals surface area contributed by atoms with E-state index >= 15 is 0 Å². The monoisotopic (exact) mass is 260 g/mol. The summed E-state index contributed by atoms with van der Waals surface area (Å²) in [4.78, 5) is 11.3. The average molecular weight is 260 g/mol. The second-order valence-corrected chi connectivity index (χ2v) is 3.96. The van der Waals surface area contributed by atoms with Crippen LogP contribution >= 0.6 is 0 Å². The SMILES string of the molecule is NC(CCc1ccccc1)C(=O)NCC(F)(F)F. The maximum Gasteiger partial charge on any atom is 0.405 e. The fraction of sp³-hybridized carbons (Fsp3) is 0.417. The van der Waals surface area contributed by atoms with Crippen LogP contribution in [0.25, 0.3) is 0 Å². The highest BCUT2D eigenvalue weighted by molar-refractivity contribution is 5.81. The van der Waals surface area contributed by atoms with E-state index in [1.54, 1.807) is 5.32 Å². The van der Waals surface area contributed by atoms with Crippen LogP contribution in [0.15, 0.2) is 30.3 Å². The number of rotatable bonds is 5. The molecule has 0 saturated carbocycles. The summed E-state index contributed by atoms with van der Waals surface area (Å²) in [5.74, 6) is -0.775. The molecule has 0 heterocycles. The number of carbonyl (C=O) groups excluding carboxylic acids is 1. The molecule has 0 bridgehead atoms. The Morgan fingerprint density at radius 3 is 2.44 bits per heavy atom. The average Bonchev–Trinajstić information content (AvgIpc) is 2.33. The van der Waals surface area contributed by atoms with Crippen LogP contribution in [0.5, 0.6) is 0 Å². The molecule has 0 aliphatic carbocycles. The van der Waals surface area contributed by atoms with Crippen molar-refractivity contribution >= 4 is 5.91 Å². The summed E-state index contributed by atoms with van der Waals surface area (Å²) in [6.07, 6.45) is -3.54. The van der Waals surface area contributed by atoms with E-state index in [2.05, 4.69) is 0 Å². The van der Waals surface area contributed by atoms with Gasteiger partial charge in [-0.05, 0) is 18.4 Å². The van der Waals surface area contributed by atoms with E-state index in [9.17, 15) is 18.0 Å². The molecule has 3 nitrogen and oxygen atoms in total. The number of halogens is 3. The topological polar surface area (TPSA) is 55.1 Å². The standard InChI is InChI=1S/C12H15F3N2O/c13-12(14,15)8-17-11(18)10(16)7-6-9-4-2-1-3-5-9/h1-5,10H,6-8,16H2,(H,17,18). The van der Waals surface area contributed by atoms with Crippen LogP contribution in [-0.4, -0.2) is 24.7 Å².